The van der Waals surface area contributed by atoms with Gasteiger partial charge in [0.25, 0.3) is 5.91 Å². The molecule has 2 N–H and O–H groups in total. The van der Waals surface area contributed by atoms with E-state index in [4.69, 9.17) is 4.74 Å². The van der Waals surface area contributed by atoms with Crippen LogP contribution in [0.4, 0.5) is 5.69 Å². The van der Waals surface area contributed by atoms with Crippen molar-refractivity contribution < 1.29 is 24.2 Å². The maximum atomic E-state index is 12.5. The molecular weight excluding hydrogens is 360 g/mol. The molecule has 0 fully saturated rings. The standard InChI is InChI=1S/C21H18N2O5/c1-27-21(26)16-8-5-9-17(19(16)24)23-20(25)15-10-11-22-18(12-15)28-13-14-6-3-2-4-7-14/h2-12,24H,13H2,1H3,(H,23,25). The number of esters is 1. The molecule has 0 unspecified atom stereocenters. The number of ether oxygens (including phenoxy) is 2. The summed E-state index contributed by atoms with van der Waals surface area (Å²) in [5.74, 6) is -1.25. The van der Waals surface area contributed by atoms with Crippen molar-refractivity contribution in [2.24, 2.45) is 0 Å². The van der Waals surface area contributed by atoms with Gasteiger partial charge in [0, 0.05) is 17.8 Å². The van der Waals surface area contributed by atoms with E-state index >= 15 is 0 Å². The molecule has 0 saturated heterocycles. The van der Waals surface area contributed by atoms with Gasteiger partial charge in [0.2, 0.25) is 5.88 Å². The first kappa shape index (κ1) is 18.9. The van der Waals surface area contributed by atoms with Crippen molar-refractivity contribution in [3.05, 3.63) is 83.6 Å². The lowest BCUT2D eigenvalue weighted by Gasteiger charge is -2.11. The number of amides is 1. The second-order valence-corrected chi connectivity index (χ2v) is 5.80. The summed E-state index contributed by atoms with van der Waals surface area (Å²) in [6, 6.07) is 17.0. The predicted octanol–water partition coefficient (Wildman–Crippen LogP) is 3.41. The Kier molecular flexibility index (Phi) is 5.86. The lowest BCUT2D eigenvalue weighted by atomic mass is 10.1. The van der Waals surface area contributed by atoms with Gasteiger partial charge in [-0.05, 0) is 23.8 Å². The third-order valence-corrected chi connectivity index (χ3v) is 3.92. The Balaban J connectivity index is 1.72. The molecular formula is C21H18N2O5. The first-order valence-corrected chi connectivity index (χ1v) is 8.43. The number of aromatic nitrogens is 1. The van der Waals surface area contributed by atoms with Crippen molar-refractivity contribution in [2.75, 3.05) is 12.4 Å². The van der Waals surface area contributed by atoms with E-state index in [1.165, 1.54) is 43.6 Å². The second-order valence-electron chi connectivity index (χ2n) is 5.80. The van der Waals surface area contributed by atoms with Gasteiger partial charge in [-0.25, -0.2) is 9.78 Å². The number of nitrogens with zero attached hydrogens (tertiary/aromatic N) is 1. The van der Waals surface area contributed by atoms with Gasteiger partial charge in [-0.2, -0.15) is 0 Å². The molecule has 142 valence electrons. The Morgan fingerprint density at radius 3 is 2.61 bits per heavy atom. The fourth-order valence-electron chi connectivity index (χ4n) is 2.47. The molecule has 0 aliphatic carbocycles. The van der Waals surface area contributed by atoms with Crippen molar-refractivity contribution in [2.45, 2.75) is 6.61 Å². The Hall–Kier alpha value is -3.87. The average Bonchev–Trinajstić information content (AvgIpc) is 2.74. The van der Waals surface area contributed by atoms with Crippen LogP contribution in [0.1, 0.15) is 26.3 Å². The predicted molar refractivity (Wildman–Crippen MR) is 102 cm³/mol. The molecule has 1 heterocycles. The quantitative estimate of drug-likeness (QED) is 0.504. The summed E-state index contributed by atoms with van der Waals surface area (Å²) < 4.78 is 10.2. The highest BCUT2D eigenvalue weighted by atomic mass is 16.5. The van der Waals surface area contributed by atoms with Crippen LogP contribution in [0.3, 0.4) is 0 Å². The van der Waals surface area contributed by atoms with E-state index < -0.39 is 11.9 Å². The number of nitrogens with one attached hydrogen (secondary N) is 1. The van der Waals surface area contributed by atoms with Crippen molar-refractivity contribution in [1.82, 2.24) is 4.98 Å². The van der Waals surface area contributed by atoms with Gasteiger partial charge in [-0.1, -0.05) is 36.4 Å². The van der Waals surface area contributed by atoms with Crippen molar-refractivity contribution in [3.8, 4) is 11.6 Å². The minimum atomic E-state index is -0.700. The number of benzene rings is 2. The number of methoxy groups -OCH3 is 1. The maximum absolute atomic E-state index is 12.5. The fourth-order valence-corrected chi connectivity index (χ4v) is 2.47. The Bertz CT molecular complexity index is 989. The van der Waals surface area contributed by atoms with Crippen LogP contribution in [-0.2, 0) is 11.3 Å². The van der Waals surface area contributed by atoms with Gasteiger partial charge in [0.15, 0.2) is 5.75 Å². The number of carbonyl (C=O) groups is 2. The molecule has 7 nitrogen and oxygen atoms in total. The third kappa shape index (κ3) is 4.45. The van der Waals surface area contributed by atoms with Crippen LogP contribution in [-0.4, -0.2) is 29.1 Å². The molecule has 0 atom stereocenters. The summed E-state index contributed by atoms with van der Waals surface area (Å²) in [6.07, 6.45) is 1.46. The molecule has 1 aromatic heterocycles. The van der Waals surface area contributed by atoms with Crippen molar-refractivity contribution >= 4 is 17.6 Å². The molecule has 0 radical (unpaired) electrons. The van der Waals surface area contributed by atoms with Crippen molar-refractivity contribution in [1.29, 1.82) is 0 Å². The number of hydrogen-bond donors (Lipinski definition) is 2. The van der Waals surface area contributed by atoms with Crippen LogP contribution in [0, 0.1) is 0 Å². The molecule has 0 aliphatic rings. The molecule has 0 saturated carbocycles. The van der Waals surface area contributed by atoms with Gasteiger partial charge < -0.3 is 19.9 Å². The summed E-state index contributed by atoms with van der Waals surface area (Å²) in [5, 5.41) is 12.8. The number of phenolic OH excluding ortho intramolecular Hbond substituents is 1. The number of carbonyl (C=O) groups excluding carboxylic acids is 2. The topological polar surface area (TPSA) is 97.8 Å². The lowest BCUT2D eigenvalue weighted by Crippen LogP contribution is -2.13. The number of anilines is 1. The first-order chi connectivity index (χ1) is 13.6. The lowest BCUT2D eigenvalue weighted by molar-refractivity contribution is 0.0597. The molecule has 0 aliphatic heterocycles. The maximum Gasteiger partial charge on any atom is 0.341 e. The number of phenols is 1. The molecule has 1 amide bonds. The van der Waals surface area contributed by atoms with E-state index in [0.717, 1.165) is 5.56 Å². The summed E-state index contributed by atoms with van der Waals surface area (Å²) in [6.45, 7) is 0.320. The van der Waals surface area contributed by atoms with Crippen LogP contribution < -0.4 is 10.1 Å². The van der Waals surface area contributed by atoms with E-state index in [1.54, 1.807) is 0 Å². The Morgan fingerprint density at radius 1 is 1.07 bits per heavy atom. The van der Waals surface area contributed by atoms with Gasteiger partial charge in [-0.3, -0.25) is 4.79 Å². The van der Waals surface area contributed by atoms with Crippen LogP contribution in [0.25, 0.3) is 0 Å². The van der Waals surface area contributed by atoms with Gasteiger partial charge >= 0.3 is 5.97 Å². The number of pyridine rings is 1. The van der Waals surface area contributed by atoms with E-state index in [0.29, 0.717) is 18.1 Å². The number of rotatable bonds is 6. The molecule has 0 bridgehead atoms. The first-order valence-electron chi connectivity index (χ1n) is 8.43. The van der Waals surface area contributed by atoms with Crippen LogP contribution in [0.15, 0.2) is 66.9 Å². The number of aromatic hydroxyl groups is 1. The van der Waals surface area contributed by atoms with E-state index in [-0.39, 0.29) is 17.0 Å². The molecule has 0 spiro atoms. The smallest absolute Gasteiger partial charge is 0.341 e. The van der Waals surface area contributed by atoms with Crippen LogP contribution in [0.5, 0.6) is 11.6 Å². The SMILES string of the molecule is COC(=O)c1cccc(NC(=O)c2ccnc(OCc3ccccc3)c2)c1O. The summed E-state index contributed by atoms with van der Waals surface area (Å²) >= 11 is 0. The highest BCUT2D eigenvalue weighted by molar-refractivity contribution is 6.06. The molecule has 7 heteroatoms. The largest absolute Gasteiger partial charge is 0.505 e. The normalized spacial score (nSPS) is 10.2. The fraction of sp³-hybridized carbons (Fsp3) is 0.0952. The van der Waals surface area contributed by atoms with Crippen LogP contribution >= 0.6 is 0 Å². The molecule has 3 rings (SSSR count). The molecule has 2 aromatic carbocycles. The van der Waals surface area contributed by atoms with Gasteiger partial charge in [0.05, 0.1) is 12.8 Å². The van der Waals surface area contributed by atoms with E-state index in [9.17, 15) is 14.7 Å². The van der Waals surface area contributed by atoms with E-state index in [2.05, 4.69) is 15.0 Å². The third-order valence-electron chi connectivity index (χ3n) is 3.92. The van der Waals surface area contributed by atoms with Gasteiger partial charge in [-0.15, -0.1) is 0 Å². The van der Waals surface area contributed by atoms with Crippen LogP contribution in [0.2, 0.25) is 0 Å². The summed E-state index contributed by atoms with van der Waals surface area (Å²) in [7, 11) is 1.21. The Labute approximate surface area is 161 Å². The minimum Gasteiger partial charge on any atom is -0.505 e. The zero-order chi connectivity index (χ0) is 19.9. The van der Waals surface area contributed by atoms with E-state index in [1.807, 2.05) is 30.3 Å². The zero-order valence-corrected chi connectivity index (χ0v) is 15.1. The average molecular weight is 378 g/mol. The second kappa shape index (κ2) is 8.68. The molecule has 28 heavy (non-hydrogen) atoms. The summed E-state index contributed by atoms with van der Waals surface area (Å²) in [5.41, 5.74) is 1.32. The minimum absolute atomic E-state index is 0.0399. The summed E-state index contributed by atoms with van der Waals surface area (Å²) in [4.78, 5) is 28.3. The monoisotopic (exact) mass is 378 g/mol. The van der Waals surface area contributed by atoms with Crippen molar-refractivity contribution in [3.63, 3.8) is 0 Å². The highest BCUT2D eigenvalue weighted by Gasteiger charge is 2.17. The number of hydrogen-bond acceptors (Lipinski definition) is 6. The molecule has 3 aromatic rings. The Morgan fingerprint density at radius 2 is 1.86 bits per heavy atom. The van der Waals surface area contributed by atoms with Gasteiger partial charge in [0.1, 0.15) is 12.2 Å². The highest BCUT2D eigenvalue weighted by Crippen LogP contribution is 2.28. The zero-order valence-electron chi connectivity index (χ0n) is 15.1. The number of para-hydroxylation sites is 1.